The van der Waals surface area contributed by atoms with Crippen LogP contribution in [0, 0.1) is 11.8 Å². The molecule has 0 saturated carbocycles. The summed E-state index contributed by atoms with van der Waals surface area (Å²) in [6, 6.07) is 17.8. The lowest BCUT2D eigenvalue weighted by Gasteiger charge is -2.52. The molecule has 3 saturated heterocycles. The van der Waals surface area contributed by atoms with Gasteiger partial charge in [0.05, 0.1) is 38.1 Å². The highest BCUT2D eigenvalue weighted by molar-refractivity contribution is 7.99. The third kappa shape index (κ3) is 3.10. The summed E-state index contributed by atoms with van der Waals surface area (Å²) in [6.07, 6.45) is 2.85. The van der Waals surface area contributed by atoms with Gasteiger partial charge in [-0.3, -0.25) is 0 Å². The van der Waals surface area contributed by atoms with Gasteiger partial charge in [0, 0.05) is 35.1 Å². The monoisotopic (exact) mass is 464 g/mol. The Balaban J connectivity index is 0.00000157. The molecule has 2 aromatic carbocycles. The minimum atomic E-state index is 0. The van der Waals surface area contributed by atoms with Crippen LogP contribution in [0.4, 0.5) is 11.4 Å². The van der Waals surface area contributed by atoms with E-state index in [4.69, 9.17) is 0 Å². The van der Waals surface area contributed by atoms with Crippen molar-refractivity contribution in [3.8, 4) is 0 Å². The fraction of sp³-hybridized carbons (Fsp3) is 0.429. The van der Waals surface area contributed by atoms with E-state index >= 15 is 0 Å². The Kier molecular flexibility index (Phi) is 4.80. The second-order valence-electron chi connectivity index (χ2n) is 7.99. The number of rotatable bonds is 2. The van der Waals surface area contributed by atoms with E-state index in [0.717, 1.165) is 11.8 Å². The molecule has 2 bridgehead atoms. The molecular formula is C21H25IN2S. The maximum absolute atomic E-state index is 2.61. The summed E-state index contributed by atoms with van der Waals surface area (Å²) in [5, 5.41) is 0. The Hall–Kier alpha value is -0.720. The van der Waals surface area contributed by atoms with E-state index in [1.807, 2.05) is 11.8 Å². The first-order chi connectivity index (χ1) is 11.7. The van der Waals surface area contributed by atoms with Crippen molar-refractivity contribution in [2.75, 3.05) is 38.1 Å². The summed E-state index contributed by atoms with van der Waals surface area (Å²) in [5.74, 6) is 1.75. The fourth-order valence-electron chi connectivity index (χ4n) is 5.00. The number of nitrogens with zero attached hydrogens (tertiary/aromatic N) is 2. The highest BCUT2D eigenvalue weighted by atomic mass is 127. The number of halogens is 1. The van der Waals surface area contributed by atoms with Gasteiger partial charge >= 0.3 is 0 Å². The lowest BCUT2D eigenvalue weighted by Crippen LogP contribution is -3.00. The molecule has 132 valence electrons. The normalized spacial score (nSPS) is 29.6. The number of hydrogen-bond donors (Lipinski definition) is 0. The van der Waals surface area contributed by atoms with E-state index < -0.39 is 0 Å². The van der Waals surface area contributed by atoms with E-state index in [2.05, 4.69) is 60.5 Å². The summed E-state index contributed by atoms with van der Waals surface area (Å²) < 4.78 is 1.30. The van der Waals surface area contributed by atoms with Crippen molar-refractivity contribution in [1.82, 2.24) is 0 Å². The molecule has 3 fully saturated rings. The van der Waals surface area contributed by atoms with Crippen molar-refractivity contribution in [1.29, 1.82) is 0 Å². The van der Waals surface area contributed by atoms with Gasteiger partial charge in [-0.25, -0.2) is 0 Å². The zero-order valence-electron chi connectivity index (χ0n) is 14.7. The van der Waals surface area contributed by atoms with Crippen LogP contribution in [0.3, 0.4) is 0 Å². The molecule has 2 aromatic rings. The lowest BCUT2D eigenvalue weighted by molar-refractivity contribution is -0.928. The van der Waals surface area contributed by atoms with Crippen molar-refractivity contribution in [2.24, 2.45) is 11.8 Å². The second-order valence-corrected chi connectivity index (χ2v) is 9.08. The van der Waals surface area contributed by atoms with Gasteiger partial charge in [-0.15, -0.1) is 0 Å². The first-order valence-corrected chi connectivity index (χ1v) is 10.0. The lowest BCUT2D eigenvalue weighted by atomic mass is 9.77. The standard InChI is InChI=1S/C21H25N2S.HI/c1-23-12-10-16(11-13-23)17(15-23)14-22-18-6-2-4-8-20(18)24-21-9-5-3-7-19(21)22;/h2-9,16-17H,10-15H2,1H3;1H/q+1;/p-1/t16?,17-,23?;/m0./s1. The van der Waals surface area contributed by atoms with E-state index in [-0.39, 0.29) is 24.0 Å². The van der Waals surface area contributed by atoms with Crippen LogP contribution < -0.4 is 28.9 Å². The SMILES string of the molecule is C[N+]12CCC(CC1)[C@@H](CN1c3ccccc3Sc3ccccc31)C2.[I-]. The molecular weight excluding hydrogens is 439 g/mol. The average Bonchev–Trinajstić information content (AvgIpc) is 2.62. The zero-order chi connectivity index (χ0) is 16.1. The van der Waals surface area contributed by atoms with Gasteiger partial charge in [0.15, 0.2) is 0 Å². The van der Waals surface area contributed by atoms with Crippen LogP contribution in [0.1, 0.15) is 12.8 Å². The largest absolute Gasteiger partial charge is 1.00 e. The predicted molar refractivity (Wildman–Crippen MR) is 101 cm³/mol. The van der Waals surface area contributed by atoms with Crippen LogP contribution in [0.2, 0.25) is 0 Å². The van der Waals surface area contributed by atoms with Crippen molar-refractivity contribution in [3.63, 3.8) is 0 Å². The van der Waals surface area contributed by atoms with Gasteiger partial charge < -0.3 is 33.4 Å². The Morgan fingerprint density at radius 3 is 2.08 bits per heavy atom. The Bertz CT molecular complexity index is 724. The summed E-state index contributed by atoms with van der Waals surface area (Å²) in [4.78, 5) is 5.41. The Morgan fingerprint density at radius 2 is 1.52 bits per heavy atom. The smallest absolute Gasteiger partial charge is 0.0833 e. The van der Waals surface area contributed by atoms with Crippen LogP contribution in [0.25, 0.3) is 0 Å². The first kappa shape index (κ1) is 17.7. The molecule has 0 amide bonds. The number of fused-ring (bicyclic) bond motifs is 5. The van der Waals surface area contributed by atoms with Crippen molar-refractivity contribution >= 4 is 23.1 Å². The first-order valence-electron chi connectivity index (χ1n) is 9.19. The van der Waals surface area contributed by atoms with Crippen LogP contribution in [0.5, 0.6) is 0 Å². The third-order valence-corrected chi connectivity index (χ3v) is 7.50. The number of anilines is 2. The molecule has 4 aliphatic heterocycles. The molecule has 1 atom stereocenters. The second kappa shape index (κ2) is 6.78. The minimum Gasteiger partial charge on any atom is -1.00 e. The Labute approximate surface area is 172 Å². The number of quaternary nitrogens is 1. The predicted octanol–water partition coefficient (Wildman–Crippen LogP) is 1.78. The molecule has 4 heteroatoms. The van der Waals surface area contributed by atoms with Crippen molar-refractivity contribution < 1.29 is 28.5 Å². The van der Waals surface area contributed by atoms with Crippen LogP contribution in [0.15, 0.2) is 58.3 Å². The molecule has 0 radical (unpaired) electrons. The summed E-state index contributed by atoms with van der Waals surface area (Å²) in [7, 11) is 2.47. The number of hydrogen-bond acceptors (Lipinski definition) is 2. The molecule has 0 spiro atoms. The van der Waals surface area contributed by atoms with Gasteiger partial charge in [0.1, 0.15) is 0 Å². The number of benzene rings is 2. The van der Waals surface area contributed by atoms with E-state index in [0.29, 0.717) is 0 Å². The van der Waals surface area contributed by atoms with Gasteiger partial charge in [0.2, 0.25) is 0 Å². The van der Waals surface area contributed by atoms with E-state index in [1.165, 1.54) is 64.7 Å². The van der Waals surface area contributed by atoms with Gasteiger partial charge in [-0.05, 0) is 30.2 Å². The highest BCUT2D eigenvalue weighted by Gasteiger charge is 2.44. The minimum absolute atomic E-state index is 0. The van der Waals surface area contributed by atoms with Gasteiger partial charge in [0.25, 0.3) is 0 Å². The maximum Gasteiger partial charge on any atom is 0.0833 e. The Morgan fingerprint density at radius 1 is 0.960 bits per heavy atom. The number of piperidine rings is 3. The van der Waals surface area contributed by atoms with E-state index in [9.17, 15) is 0 Å². The molecule has 0 N–H and O–H groups in total. The molecule has 6 rings (SSSR count). The van der Waals surface area contributed by atoms with Gasteiger partial charge in [-0.2, -0.15) is 0 Å². The summed E-state index contributed by atoms with van der Waals surface area (Å²) in [5.41, 5.74) is 2.81. The molecule has 0 aliphatic carbocycles. The molecule has 0 aromatic heterocycles. The van der Waals surface area contributed by atoms with Crippen molar-refractivity contribution in [2.45, 2.75) is 22.6 Å². The zero-order valence-corrected chi connectivity index (χ0v) is 17.7. The average molecular weight is 464 g/mol. The summed E-state index contributed by atoms with van der Waals surface area (Å²) >= 11 is 1.92. The molecule has 4 heterocycles. The van der Waals surface area contributed by atoms with Gasteiger partial charge in [-0.1, -0.05) is 36.0 Å². The molecule has 0 unspecified atom stereocenters. The maximum atomic E-state index is 2.61. The molecule has 4 aliphatic rings. The quantitative estimate of drug-likeness (QED) is 0.493. The summed E-state index contributed by atoms with van der Waals surface area (Å²) in [6.45, 7) is 5.32. The molecule has 25 heavy (non-hydrogen) atoms. The highest BCUT2D eigenvalue weighted by Crippen LogP contribution is 2.49. The third-order valence-electron chi connectivity index (χ3n) is 6.37. The fourth-order valence-corrected chi connectivity index (χ4v) is 6.10. The topological polar surface area (TPSA) is 3.24 Å². The molecule has 2 nitrogen and oxygen atoms in total. The van der Waals surface area contributed by atoms with Crippen LogP contribution >= 0.6 is 11.8 Å². The van der Waals surface area contributed by atoms with E-state index in [1.54, 1.807) is 0 Å². The van der Waals surface area contributed by atoms with Crippen molar-refractivity contribution in [3.05, 3.63) is 48.5 Å². The van der Waals surface area contributed by atoms with Crippen LogP contribution in [-0.4, -0.2) is 37.7 Å². The number of para-hydroxylation sites is 2. The van der Waals surface area contributed by atoms with Crippen LogP contribution in [-0.2, 0) is 0 Å².